The van der Waals surface area contributed by atoms with Crippen LogP contribution in [0.5, 0.6) is 0 Å². The molecule has 4 heterocycles. The van der Waals surface area contributed by atoms with E-state index in [0.717, 1.165) is 33.1 Å². The zero-order valence-corrected chi connectivity index (χ0v) is 29.1. The van der Waals surface area contributed by atoms with Gasteiger partial charge in [0.15, 0.2) is 0 Å². The second-order valence-corrected chi connectivity index (χ2v) is 16.6. The molecule has 0 aliphatic heterocycles. The van der Waals surface area contributed by atoms with Gasteiger partial charge >= 0.3 is 0 Å². The van der Waals surface area contributed by atoms with Crippen LogP contribution in [-0.2, 0) is 0 Å². The van der Waals surface area contributed by atoms with Gasteiger partial charge in [-0.25, -0.2) is 4.98 Å². The van der Waals surface area contributed by atoms with Crippen LogP contribution in [0.1, 0.15) is 0 Å². The predicted molar refractivity (Wildman–Crippen MR) is 218 cm³/mol. The van der Waals surface area contributed by atoms with E-state index in [-0.39, 0.29) is 0 Å². The predicted octanol–water partition coefficient (Wildman–Crippen LogP) is 14.5. The maximum atomic E-state index is 5.25. The smallest absolute Gasteiger partial charge is 0.124 e. The molecule has 6 heteroatoms. The molecule has 0 saturated heterocycles. The van der Waals surface area contributed by atoms with E-state index in [2.05, 4.69) is 150 Å². The Labute approximate surface area is 297 Å². The van der Waals surface area contributed by atoms with Gasteiger partial charge < -0.3 is 4.90 Å². The fourth-order valence-corrected chi connectivity index (χ4v) is 11.5. The van der Waals surface area contributed by atoms with Gasteiger partial charge in [-0.1, -0.05) is 66.7 Å². The Kier molecular flexibility index (Phi) is 6.07. The second-order valence-electron chi connectivity index (χ2n) is 12.3. The average Bonchev–Trinajstić information content (AvgIpc) is 3.93. The molecular formula is C43H24N2S4. The fourth-order valence-electron chi connectivity index (χ4n) is 7.24. The largest absolute Gasteiger partial charge is 0.310 e. The summed E-state index contributed by atoms with van der Waals surface area (Å²) >= 11 is 7.35. The van der Waals surface area contributed by atoms with E-state index < -0.39 is 0 Å². The first kappa shape index (κ1) is 27.8. The summed E-state index contributed by atoms with van der Waals surface area (Å²) < 4.78 is 9.03. The molecule has 0 N–H and O–H groups in total. The number of anilines is 3. The van der Waals surface area contributed by atoms with Crippen LogP contribution in [-0.4, -0.2) is 4.98 Å². The topological polar surface area (TPSA) is 16.1 Å². The molecule has 7 aromatic carbocycles. The Morgan fingerprint density at radius 2 is 0.837 bits per heavy atom. The molecular weight excluding hydrogens is 673 g/mol. The van der Waals surface area contributed by atoms with Crippen molar-refractivity contribution in [3.63, 3.8) is 0 Å². The number of benzene rings is 7. The first-order valence-corrected chi connectivity index (χ1v) is 19.5. The summed E-state index contributed by atoms with van der Waals surface area (Å²) in [5, 5.41) is 8.77. The molecule has 230 valence electrons. The molecule has 0 aliphatic carbocycles. The number of thiazole rings is 1. The number of hydrogen-bond acceptors (Lipinski definition) is 6. The lowest BCUT2D eigenvalue weighted by molar-refractivity contribution is 1.30. The number of aromatic nitrogens is 1. The van der Waals surface area contributed by atoms with Crippen LogP contribution < -0.4 is 4.90 Å². The normalized spacial score (nSPS) is 12.1. The maximum Gasteiger partial charge on any atom is 0.124 e. The van der Waals surface area contributed by atoms with Crippen molar-refractivity contribution in [2.45, 2.75) is 0 Å². The third-order valence-electron chi connectivity index (χ3n) is 9.49. The van der Waals surface area contributed by atoms with Gasteiger partial charge in [0.2, 0.25) is 0 Å². The molecule has 0 radical (unpaired) electrons. The Hall–Kier alpha value is -5.11. The summed E-state index contributed by atoms with van der Waals surface area (Å²) in [6, 6.07) is 53.5. The maximum absolute atomic E-state index is 5.25. The lowest BCUT2D eigenvalue weighted by atomic mass is 10.1. The third kappa shape index (κ3) is 4.32. The van der Waals surface area contributed by atoms with Crippen molar-refractivity contribution in [3.05, 3.63) is 146 Å². The zero-order valence-electron chi connectivity index (χ0n) is 25.9. The molecule has 0 saturated carbocycles. The van der Waals surface area contributed by atoms with Gasteiger partial charge in [-0.05, 0) is 78.9 Å². The van der Waals surface area contributed by atoms with Crippen molar-refractivity contribution in [1.82, 2.24) is 4.98 Å². The Morgan fingerprint density at radius 1 is 0.367 bits per heavy atom. The minimum absolute atomic E-state index is 1.06. The number of fused-ring (bicyclic) bond motifs is 11. The highest BCUT2D eigenvalue weighted by Crippen LogP contribution is 2.46. The molecule has 0 bridgehead atoms. The van der Waals surface area contributed by atoms with Crippen LogP contribution in [0.4, 0.5) is 17.1 Å². The van der Waals surface area contributed by atoms with E-state index in [4.69, 9.17) is 4.98 Å². The average molecular weight is 697 g/mol. The second kappa shape index (κ2) is 10.7. The summed E-state index contributed by atoms with van der Waals surface area (Å²) in [6.07, 6.45) is 0. The monoisotopic (exact) mass is 696 g/mol. The summed E-state index contributed by atoms with van der Waals surface area (Å²) in [5.74, 6) is 0. The fraction of sp³-hybridized carbons (Fsp3) is 0. The zero-order chi connectivity index (χ0) is 32.1. The number of rotatable bonds is 4. The summed E-state index contributed by atoms with van der Waals surface area (Å²) in [5.41, 5.74) is 5.70. The molecule has 0 spiro atoms. The number of nitrogens with zero attached hydrogens (tertiary/aromatic N) is 2. The van der Waals surface area contributed by atoms with E-state index in [1.807, 2.05) is 34.0 Å². The Morgan fingerprint density at radius 3 is 1.47 bits per heavy atom. The van der Waals surface area contributed by atoms with E-state index in [1.54, 1.807) is 11.3 Å². The SMILES string of the molecule is c1ccc(-c2nc3c(ccc4sc5ccc(N(c6ccc7sc8ccccc8c7c6)c6ccc7sc8ccccc8c7c6)cc5c43)s2)cc1. The lowest BCUT2D eigenvalue weighted by Gasteiger charge is -2.26. The van der Waals surface area contributed by atoms with E-state index in [9.17, 15) is 0 Å². The van der Waals surface area contributed by atoms with Crippen LogP contribution in [0.3, 0.4) is 0 Å². The van der Waals surface area contributed by atoms with Crippen molar-refractivity contribution < 1.29 is 0 Å². The van der Waals surface area contributed by atoms with Crippen LogP contribution >= 0.6 is 45.3 Å². The summed E-state index contributed by atoms with van der Waals surface area (Å²) in [6.45, 7) is 0. The molecule has 11 aromatic rings. The van der Waals surface area contributed by atoms with Gasteiger partial charge in [0, 0.05) is 83.1 Å². The minimum Gasteiger partial charge on any atom is -0.310 e. The minimum atomic E-state index is 1.06. The van der Waals surface area contributed by atoms with Crippen molar-refractivity contribution in [2.24, 2.45) is 0 Å². The first-order chi connectivity index (χ1) is 24.2. The molecule has 0 unspecified atom stereocenters. The Balaban J connectivity index is 1.16. The standard InChI is InChI=1S/C43H24N2S4/c1-2-8-25(9-3-1)43-44-42-40(49-43)21-20-39-41(42)33-24-28(16-19-38(33)48-39)45(26-14-17-36-31(22-26)29-10-4-6-12-34(29)46-36)27-15-18-37-32(23-27)30-11-5-7-13-35(30)47-37/h1-24H. The first-order valence-electron chi connectivity index (χ1n) is 16.2. The molecule has 0 amide bonds. The van der Waals surface area contributed by atoms with Gasteiger partial charge in [-0.3, -0.25) is 0 Å². The van der Waals surface area contributed by atoms with E-state index in [0.29, 0.717) is 0 Å². The van der Waals surface area contributed by atoms with Gasteiger partial charge in [0.05, 0.1) is 10.2 Å². The van der Waals surface area contributed by atoms with Crippen molar-refractivity contribution in [2.75, 3.05) is 4.90 Å². The van der Waals surface area contributed by atoms with Crippen LogP contribution in [0.25, 0.3) is 81.3 Å². The molecule has 11 rings (SSSR count). The van der Waals surface area contributed by atoms with Crippen molar-refractivity contribution in [3.8, 4) is 10.6 Å². The van der Waals surface area contributed by atoms with E-state index in [1.165, 1.54) is 65.2 Å². The van der Waals surface area contributed by atoms with Crippen molar-refractivity contribution in [1.29, 1.82) is 0 Å². The van der Waals surface area contributed by atoms with Gasteiger partial charge in [0.25, 0.3) is 0 Å². The molecule has 49 heavy (non-hydrogen) atoms. The number of hydrogen-bond donors (Lipinski definition) is 0. The Bertz CT molecular complexity index is 2960. The lowest BCUT2D eigenvalue weighted by Crippen LogP contribution is -2.09. The highest BCUT2D eigenvalue weighted by atomic mass is 32.1. The van der Waals surface area contributed by atoms with Gasteiger partial charge in [-0.2, -0.15) is 0 Å². The number of thiophene rings is 3. The third-order valence-corrected chi connectivity index (χ3v) is 14.0. The molecule has 0 aliphatic rings. The summed E-state index contributed by atoms with van der Waals surface area (Å²) in [4.78, 5) is 7.69. The van der Waals surface area contributed by atoms with Gasteiger partial charge in [0.1, 0.15) is 5.01 Å². The molecule has 0 atom stereocenters. The quantitative estimate of drug-likeness (QED) is 0.182. The van der Waals surface area contributed by atoms with Crippen LogP contribution in [0, 0.1) is 0 Å². The highest BCUT2D eigenvalue weighted by molar-refractivity contribution is 7.27. The molecule has 4 aromatic heterocycles. The van der Waals surface area contributed by atoms with Crippen LogP contribution in [0.2, 0.25) is 0 Å². The van der Waals surface area contributed by atoms with Gasteiger partial charge in [-0.15, -0.1) is 45.3 Å². The molecule has 2 nitrogen and oxygen atoms in total. The van der Waals surface area contributed by atoms with E-state index >= 15 is 0 Å². The van der Waals surface area contributed by atoms with Crippen molar-refractivity contribution >= 4 is 133 Å². The summed E-state index contributed by atoms with van der Waals surface area (Å²) in [7, 11) is 0. The molecule has 0 fully saturated rings. The highest BCUT2D eigenvalue weighted by Gasteiger charge is 2.20. The van der Waals surface area contributed by atoms with Crippen LogP contribution in [0.15, 0.2) is 146 Å².